The molecule has 0 radical (unpaired) electrons. The van der Waals surface area contributed by atoms with Gasteiger partial charge in [0.1, 0.15) is 0 Å². The molecule has 0 bridgehead atoms. The Morgan fingerprint density at radius 3 is 2.43 bits per heavy atom. The Kier molecular flexibility index (Phi) is 9.15. The van der Waals surface area contributed by atoms with Gasteiger partial charge in [-0.25, -0.2) is 0 Å². The quantitative estimate of drug-likeness (QED) is 0.587. The second kappa shape index (κ2) is 10.7. The highest BCUT2D eigenvalue weighted by Crippen LogP contribution is 2.28. The molecule has 0 spiro atoms. The minimum Gasteiger partial charge on any atom is -0.493 e. The van der Waals surface area contributed by atoms with Crippen molar-refractivity contribution in [2.75, 3.05) is 13.7 Å². The molecule has 0 fully saturated rings. The lowest BCUT2D eigenvalue weighted by Crippen LogP contribution is -2.23. The average Bonchev–Trinajstić information content (AvgIpc) is 2.86. The molecule has 1 unspecified atom stereocenters. The van der Waals surface area contributed by atoms with E-state index >= 15 is 0 Å². The van der Waals surface area contributed by atoms with Crippen molar-refractivity contribution < 1.29 is 4.74 Å². The van der Waals surface area contributed by atoms with Crippen LogP contribution in [0.5, 0.6) is 5.75 Å². The molecule has 0 aliphatic heterocycles. The van der Waals surface area contributed by atoms with Crippen molar-refractivity contribution in [3.8, 4) is 5.75 Å². The Morgan fingerprint density at radius 2 is 1.81 bits per heavy atom. The summed E-state index contributed by atoms with van der Waals surface area (Å²) >= 11 is 0. The Labute approximate surface area is 130 Å². The van der Waals surface area contributed by atoms with E-state index in [1.54, 1.807) is 7.11 Å². The minimum absolute atomic E-state index is 0.341. The molecule has 1 heterocycles. The lowest BCUT2D eigenvalue weighted by atomic mass is 10.0. The fourth-order valence-corrected chi connectivity index (χ4v) is 2.87. The van der Waals surface area contributed by atoms with E-state index in [1.165, 1.54) is 50.6 Å². The van der Waals surface area contributed by atoms with Crippen molar-refractivity contribution in [3.05, 3.63) is 11.9 Å². The standard InChI is InChI=1S/C17H33N3O/c1-5-7-8-9-10-11-12-13-15(18-6-2)17-16(21-4)14-19-20(17)3/h14-15,18H,5-13H2,1-4H3. The molecule has 1 rings (SSSR count). The Balaban J connectivity index is 2.41. The monoisotopic (exact) mass is 295 g/mol. The summed E-state index contributed by atoms with van der Waals surface area (Å²) in [4.78, 5) is 0. The molecule has 1 aromatic rings. The third-order valence-corrected chi connectivity index (χ3v) is 4.05. The maximum absolute atomic E-state index is 5.44. The van der Waals surface area contributed by atoms with E-state index in [-0.39, 0.29) is 0 Å². The van der Waals surface area contributed by atoms with Crippen LogP contribution >= 0.6 is 0 Å². The largest absolute Gasteiger partial charge is 0.493 e. The maximum Gasteiger partial charge on any atom is 0.161 e. The third-order valence-electron chi connectivity index (χ3n) is 4.05. The van der Waals surface area contributed by atoms with Crippen LogP contribution in [0.25, 0.3) is 0 Å². The first-order chi connectivity index (χ1) is 10.2. The molecule has 21 heavy (non-hydrogen) atoms. The van der Waals surface area contributed by atoms with E-state index < -0.39 is 0 Å². The Bertz CT molecular complexity index is 376. The zero-order valence-electron chi connectivity index (χ0n) is 14.3. The summed E-state index contributed by atoms with van der Waals surface area (Å²) in [5.74, 6) is 0.895. The van der Waals surface area contributed by atoms with Gasteiger partial charge in [0.15, 0.2) is 5.75 Å². The number of rotatable bonds is 12. The molecule has 0 saturated heterocycles. The van der Waals surface area contributed by atoms with Gasteiger partial charge in [0.25, 0.3) is 0 Å². The highest BCUT2D eigenvalue weighted by atomic mass is 16.5. The summed E-state index contributed by atoms with van der Waals surface area (Å²) in [5, 5.41) is 7.89. The summed E-state index contributed by atoms with van der Waals surface area (Å²) in [6.45, 7) is 5.39. The lowest BCUT2D eigenvalue weighted by Gasteiger charge is -2.19. The number of hydrogen-bond acceptors (Lipinski definition) is 3. The molecule has 4 heteroatoms. The molecule has 0 aromatic carbocycles. The van der Waals surface area contributed by atoms with Crippen LogP contribution in [0.15, 0.2) is 6.20 Å². The Hall–Kier alpha value is -1.03. The summed E-state index contributed by atoms with van der Waals surface area (Å²) < 4.78 is 7.38. The van der Waals surface area contributed by atoms with Crippen molar-refractivity contribution in [3.63, 3.8) is 0 Å². The average molecular weight is 295 g/mol. The van der Waals surface area contributed by atoms with Crippen LogP contribution in [0.4, 0.5) is 0 Å². The molecule has 0 saturated carbocycles. The first-order valence-electron chi connectivity index (χ1n) is 8.53. The van der Waals surface area contributed by atoms with Gasteiger partial charge in [0, 0.05) is 7.05 Å². The van der Waals surface area contributed by atoms with Crippen LogP contribution in [0.2, 0.25) is 0 Å². The summed E-state index contributed by atoms with van der Waals surface area (Å²) in [5.41, 5.74) is 1.17. The van der Waals surface area contributed by atoms with Gasteiger partial charge in [0.05, 0.1) is 25.0 Å². The zero-order chi connectivity index (χ0) is 15.5. The first kappa shape index (κ1) is 18.0. The van der Waals surface area contributed by atoms with Gasteiger partial charge in [-0.1, -0.05) is 58.8 Å². The number of aromatic nitrogens is 2. The van der Waals surface area contributed by atoms with E-state index in [0.717, 1.165) is 18.7 Å². The lowest BCUT2D eigenvalue weighted by molar-refractivity contribution is 0.385. The van der Waals surface area contributed by atoms with E-state index in [2.05, 4.69) is 24.3 Å². The van der Waals surface area contributed by atoms with E-state index in [1.807, 2.05) is 17.9 Å². The van der Waals surface area contributed by atoms with Gasteiger partial charge in [-0.05, 0) is 13.0 Å². The van der Waals surface area contributed by atoms with Crippen LogP contribution in [-0.4, -0.2) is 23.4 Å². The second-order valence-electron chi connectivity index (χ2n) is 5.74. The van der Waals surface area contributed by atoms with Crippen LogP contribution in [-0.2, 0) is 7.05 Å². The summed E-state index contributed by atoms with van der Waals surface area (Å²) in [7, 11) is 3.71. The molecule has 0 amide bonds. The summed E-state index contributed by atoms with van der Waals surface area (Å²) in [6, 6.07) is 0.341. The van der Waals surface area contributed by atoms with Crippen LogP contribution in [0, 0.1) is 0 Å². The SMILES string of the molecule is CCCCCCCCCC(NCC)c1c(OC)cnn1C. The van der Waals surface area contributed by atoms with Crippen LogP contribution in [0.1, 0.15) is 76.9 Å². The van der Waals surface area contributed by atoms with E-state index in [0.29, 0.717) is 6.04 Å². The number of nitrogens with zero attached hydrogens (tertiary/aromatic N) is 2. The molecule has 4 nitrogen and oxygen atoms in total. The predicted molar refractivity (Wildman–Crippen MR) is 88.8 cm³/mol. The molecule has 1 atom stereocenters. The van der Waals surface area contributed by atoms with Crippen molar-refractivity contribution in [2.45, 2.75) is 71.3 Å². The van der Waals surface area contributed by atoms with Crippen LogP contribution < -0.4 is 10.1 Å². The fourth-order valence-electron chi connectivity index (χ4n) is 2.87. The second-order valence-corrected chi connectivity index (χ2v) is 5.74. The number of nitrogens with one attached hydrogen (secondary N) is 1. The van der Waals surface area contributed by atoms with Gasteiger partial charge in [-0.2, -0.15) is 5.10 Å². The smallest absolute Gasteiger partial charge is 0.161 e. The normalized spacial score (nSPS) is 12.6. The number of ether oxygens (including phenoxy) is 1. The number of unbranched alkanes of at least 4 members (excludes halogenated alkanes) is 6. The molecule has 1 N–H and O–H groups in total. The summed E-state index contributed by atoms with van der Waals surface area (Å²) in [6.07, 6.45) is 12.4. The molecule has 0 aliphatic carbocycles. The van der Waals surface area contributed by atoms with Crippen molar-refractivity contribution in [1.82, 2.24) is 15.1 Å². The van der Waals surface area contributed by atoms with Crippen LogP contribution in [0.3, 0.4) is 0 Å². The molecule has 122 valence electrons. The minimum atomic E-state index is 0.341. The molecular weight excluding hydrogens is 262 g/mol. The molecule has 0 aliphatic rings. The highest BCUT2D eigenvalue weighted by Gasteiger charge is 2.19. The topological polar surface area (TPSA) is 39.1 Å². The van der Waals surface area contributed by atoms with Gasteiger partial charge in [-0.3, -0.25) is 4.68 Å². The van der Waals surface area contributed by atoms with Gasteiger partial charge >= 0.3 is 0 Å². The molecular formula is C17H33N3O. The van der Waals surface area contributed by atoms with E-state index in [4.69, 9.17) is 4.74 Å². The molecule has 1 aromatic heterocycles. The highest BCUT2D eigenvalue weighted by molar-refractivity contribution is 5.28. The zero-order valence-corrected chi connectivity index (χ0v) is 14.3. The van der Waals surface area contributed by atoms with Crippen molar-refractivity contribution in [1.29, 1.82) is 0 Å². The van der Waals surface area contributed by atoms with Gasteiger partial charge in [0.2, 0.25) is 0 Å². The van der Waals surface area contributed by atoms with Crippen molar-refractivity contribution >= 4 is 0 Å². The maximum atomic E-state index is 5.44. The number of hydrogen-bond donors (Lipinski definition) is 1. The van der Waals surface area contributed by atoms with Gasteiger partial charge in [-0.15, -0.1) is 0 Å². The first-order valence-corrected chi connectivity index (χ1v) is 8.53. The van der Waals surface area contributed by atoms with Crippen molar-refractivity contribution in [2.24, 2.45) is 7.05 Å². The van der Waals surface area contributed by atoms with E-state index in [9.17, 15) is 0 Å². The predicted octanol–water partition coefficient (Wildman–Crippen LogP) is 4.22. The third kappa shape index (κ3) is 6.08. The Morgan fingerprint density at radius 1 is 1.14 bits per heavy atom. The number of methoxy groups -OCH3 is 1. The fraction of sp³-hybridized carbons (Fsp3) is 0.824. The number of aryl methyl sites for hydroxylation is 1. The van der Waals surface area contributed by atoms with Gasteiger partial charge < -0.3 is 10.1 Å².